The van der Waals surface area contributed by atoms with Crippen LogP contribution in [0.2, 0.25) is 25.2 Å². The molecular formula is C16H33N3OSi. The monoisotopic (exact) mass is 311 g/mol. The molecule has 1 rings (SSSR count). The number of rotatable bonds is 5. The number of carbonyl (C=O) groups excluding carboxylic acids is 1. The van der Waals surface area contributed by atoms with E-state index in [-0.39, 0.29) is 12.1 Å². The minimum atomic E-state index is -1.00. The second kappa shape index (κ2) is 7.99. The Morgan fingerprint density at radius 2 is 1.86 bits per heavy atom. The summed E-state index contributed by atoms with van der Waals surface area (Å²) in [4.78, 5) is 12.5. The highest BCUT2D eigenvalue weighted by Crippen LogP contribution is 2.27. The van der Waals surface area contributed by atoms with Crippen molar-refractivity contribution in [3.8, 4) is 0 Å². The van der Waals surface area contributed by atoms with Crippen LogP contribution < -0.4 is 16.0 Å². The van der Waals surface area contributed by atoms with Gasteiger partial charge in [0.2, 0.25) is 0 Å². The first-order chi connectivity index (χ1) is 9.75. The van der Waals surface area contributed by atoms with E-state index in [1.807, 2.05) is 27.8 Å². The maximum absolute atomic E-state index is 12.5. The van der Waals surface area contributed by atoms with Gasteiger partial charge in [0, 0.05) is 14.1 Å². The van der Waals surface area contributed by atoms with Crippen molar-refractivity contribution < 1.29 is 4.79 Å². The van der Waals surface area contributed by atoms with Crippen molar-refractivity contribution in [3.05, 3.63) is 11.3 Å². The molecule has 0 saturated carbocycles. The smallest absolute Gasteiger partial charge is 0.267 e. The fourth-order valence-electron chi connectivity index (χ4n) is 2.79. The highest BCUT2D eigenvalue weighted by molar-refractivity contribution is 6.77. The third kappa shape index (κ3) is 6.22. The van der Waals surface area contributed by atoms with E-state index in [0.29, 0.717) is 11.7 Å². The van der Waals surface area contributed by atoms with Crippen LogP contribution in [0.5, 0.6) is 0 Å². The molecule has 0 spiro atoms. The van der Waals surface area contributed by atoms with E-state index < -0.39 is 8.07 Å². The Labute approximate surface area is 131 Å². The quantitative estimate of drug-likeness (QED) is 0.416. The maximum atomic E-state index is 12.5. The summed E-state index contributed by atoms with van der Waals surface area (Å²) in [7, 11) is 0.882. The molecule has 2 unspecified atom stereocenters. The van der Waals surface area contributed by atoms with Gasteiger partial charge in [-0.05, 0) is 46.2 Å². The van der Waals surface area contributed by atoms with E-state index in [1.54, 1.807) is 0 Å². The van der Waals surface area contributed by atoms with Crippen LogP contribution in [0.3, 0.4) is 0 Å². The van der Waals surface area contributed by atoms with Gasteiger partial charge in [-0.15, -0.1) is 0 Å². The van der Waals surface area contributed by atoms with Crippen molar-refractivity contribution in [1.29, 1.82) is 0 Å². The lowest BCUT2D eigenvalue weighted by molar-refractivity contribution is -0.118. The molecular weight excluding hydrogens is 278 g/mol. The number of carbonyl (C=O) groups is 1. The largest absolute Gasteiger partial charge is 0.366 e. The Kier molecular flexibility index (Phi) is 6.94. The van der Waals surface area contributed by atoms with E-state index in [4.69, 9.17) is 0 Å². The highest BCUT2D eigenvalue weighted by atomic mass is 28.3. The van der Waals surface area contributed by atoms with Crippen LogP contribution in [-0.4, -0.2) is 33.2 Å². The van der Waals surface area contributed by atoms with Gasteiger partial charge in [-0.25, -0.2) is 0 Å². The first kappa shape index (κ1) is 18.2. The number of amides is 1. The third-order valence-electron chi connectivity index (χ3n) is 4.43. The van der Waals surface area contributed by atoms with Crippen molar-refractivity contribution in [2.24, 2.45) is 0 Å². The van der Waals surface area contributed by atoms with E-state index in [1.165, 1.54) is 18.5 Å². The Morgan fingerprint density at radius 1 is 1.19 bits per heavy atom. The number of nitrogens with one attached hydrogen (secondary N) is 3. The van der Waals surface area contributed by atoms with Crippen LogP contribution in [0.1, 0.15) is 40.0 Å². The van der Waals surface area contributed by atoms with Crippen LogP contribution >= 0.6 is 0 Å². The molecule has 1 fully saturated rings. The predicted octanol–water partition coefficient (Wildman–Crippen LogP) is 2.81. The fraction of sp³-hybridized carbons (Fsp3) is 0.812. The first-order valence-corrected chi connectivity index (χ1v) is 11.6. The van der Waals surface area contributed by atoms with Gasteiger partial charge < -0.3 is 16.0 Å². The van der Waals surface area contributed by atoms with Crippen LogP contribution in [0, 0.1) is 0 Å². The van der Waals surface area contributed by atoms with Gasteiger partial charge in [0.15, 0.2) is 0 Å². The summed E-state index contributed by atoms with van der Waals surface area (Å²) in [6.07, 6.45) is 3.61. The average Bonchev–Trinajstić information content (AvgIpc) is 2.56. The Balaban J connectivity index is 2.63. The van der Waals surface area contributed by atoms with Gasteiger partial charge in [0.1, 0.15) is 0 Å². The zero-order chi connectivity index (χ0) is 16.0. The number of allylic oxidation sites excluding steroid dienone is 1. The molecule has 2 atom stereocenters. The van der Waals surface area contributed by atoms with E-state index in [2.05, 4.69) is 29.0 Å². The van der Waals surface area contributed by atoms with Crippen LogP contribution in [0.15, 0.2) is 11.3 Å². The maximum Gasteiger partial charge on any atom is 0.267 e. The molecule has 0 aromatic rings. The van der Waals surface area contributed by atoms with Crippen molar-refractivity contribution in [1.82, 2.24) is 16.0 Å². The molecule has 0 radical (unpaired) electrons. The van der Waals surface area contributed by atoms with Crippen LogP contribution in [0.25, 0.3) is 0 Å². The summed E-state index contributed by atoms with van der Waals surface area (Å²) in [5.74, 6) is 0.0449. The van der Waals surface area contributed by atoms with Crippen molar-refractivity contribution in [3.63, 3.8) is 0 Å². The van der Waals surface area contributed by atoms with Gasteiger partial charge in [-0.2, -0.15) is 0 Å². The van der Waals surface area contributed by atoms with Crippen molar-refractivity contribution in [2.45, 2.75) is 77.4 Å². The summed E-state index contributed by atoms with van der Waals surface area (Å²) in [6.45, 7) is 10.9. The summed E-state index contributed by atoms with van der Waals surface area (Å²) >= 11 is 0. The second-order valence-electron chi connectivity index (χ2n) is 7.30. The van der Waals surface area contributed by atoms with Gasteiger partial charge in [-0.1, -0.05) is 31.6 Å². The minimum Gasteiger partial charge on any atom is -0.366 e. The van der Waals surface area contributed by atoms with Crippen molar-refractivity contribution in [2.75, 3.05) is 7.05 Å². The van der Waals surface area contributed by atoms with Gasteiger partial charge in [-0.3, -0.25) is 4.79 Å². The number of hydrogen-bond donors (Lipinski definition) is 3. The van der Waals surface area contributed by atoms with Gasteiger partial charge in [0.05, 0.1) is 11.9 Å². The Hall–Kier alpha value is -0.813. The lowest BCUT2D eigenvalue weighted by atomic mass is 10.1. The fourth-order valence-corrected chi connectivity index (χ4v) is 5.33. The Morgan fingerprint density at radius 3 is 2.43 bits per heavy atom. The van der Waals surface area contributed by atoms with E-state index in [0.717, 1.165) is 18.4 Å². The van der Waals surface area contributed by atoms with Gasteiger partial charge in [0.25, 0.3) is 5.91 Å². The molecule has 21 heavy (non-hydrogen) atoms. The summed E-state index contributed by atoms with van der Waals surface area (Å²) in [5, 5.41) is 9.60. The lowest BCUT2D eigenvalue weighted by Gasteiger charge is -2.22. The molecule has 0 aromatic heterocycles. The molecule has 0 bridgehead atoms. The molecule has 1 saturated heterocycles. The molecule has 3 N–H and O–H groups in total. The average molecular weight is 312 g/mol. The molecule has 1 heterocycles. The lowest BCUT2D eigenvalue weighted by Crippen LogP contribution is -2.44. The van der Waals surface area contributed by atoms with Crippen LogP contribution in [-0.2, 0) is 4.79 Å². The summed E-state index contributed by atoms with van der Waals surface area (Å²) in [6, 6.07) is 3.06. The predicted molar refractivity (Wildman–Crippen MR) is 92.9 cm³/mol. The normalized spacial score (nSPS) is 22.9. The molecule has 1 aliphatic rings. The van der Waals surface area contributed by atoms with Crippen molar-refractivity contribution >= 4 is 14.0 Å². The third-order valence-corrected chi connectivity index (χ3v) is 7.78. The van der Waals surface area contributed by atoms with Gasteiger partial charge >= 0.3 is 0 Å². The summed E-state index contributed by atoms with van der Waals surface area (Å²) in [5.41, 5.74) is 1.73. The first-order valence-electron chi connectivity index (χ1n) is 8.17. The molecule has 0 aliphatic carbocycles. The van der Waals surface area contributed by atoms with E-state index in [9.17, 15) is 4.79 Å². The standard InChI is InChI=1S/C16H33N3OSi/c1-12(2)15(18-13(3)17-4)16(20)19-14-8-7-10-21(5,6)11-9-14/h13-14,17-18H,7-11H2,1-6H3,(H,19,20). The zero-order valence-electron chi connectivity index (χ0n) is 14.6. The SMILES string of the molecule is CNC(C)NC(C(=O)NC1CCC[Si](C)(C)CC1)=C(C)C. The highest BCUT2D eigenvalue weighted by Gasteiger charge is 2.27. The molecule has 122 valence electrons. The zero-order valence-corrected chi connectivity index (χ0v) is 15.6. The molecule has 0 aromatic carbocycles. The number of hydrogen-bond acceptors (Lipinski definition) is 3. The topological polar surface area (TPSA) is 53.2 Å². The van der Waals surface area contributed by atoms with E-state index >= 15 is 0 Å². The molecule has 4 nitrogen and oxygen atoms in total. The molecule has 1 aliphatic heterocycles. The molecule has 1 amide bonds. The minimum absolute atomic E-state index is 0.0449. The second-order valence-corrected chi connectivity index (χ2v) is 12.6. The Bertz CT molecular complexity index is 389. The van der Waals surface area contributed by atoms with Crippen LogP contribution in [0.4, 0.5) is 0 Å². The molecule has 5 heteroatoms. The summed E-state index contributed by atoms with van der Waals surface area (Å²) < 4.78 is 0.